The van der Waals surface area contributed by atoms with Crippen LogP contribution in [0.5, 0.6) is 0 Å². The standard InChI is InChI=1S/C19H23N3O2/c1-15-7-8-18(19(13-15)22(23)24)20-17-9-11-21(12-10-17)14-16-5-3-2-4-6-16/h2-8,13,17,20H,9-12,14H2,1H3. The molecule has 1 N–H and O–H groups in total. The second-order valence-corrected chi connectivity index (χ2v) is 6.46. The zero-order chi connectivity index (χ0) is 16.9. The third kappa shape index (κ3) is 4.11. The van der Waals surface area contributed by atoms with Gasteiger partial charge < -0.3 is 5.32 Å². The Kier molecular flexibility index (Phi) is 5.11. The lowest BCUT2D eigenvalue weighted by Crippen LogP contribution is -2.38. The highest BCUT2D eigenvalue weighted by atomic mass is 16.6. The van der Waals surface area contributed by atoms with Crippen molar-refractivity contribution in [3.05, 3.63) is 69.8 Å². The first-order valence-electron chi connectivity index (χ1n) is 8.39. The second-order valence-electron chi connectivity index (χ2n) is 6.46. The molecule has 0 saturated carbocycles. The molecule has 0 unspecified atom stereocenters. The smallest absolute Gasteiger partial charge is 0.292 e. The van der Waals surface area contributed by atoms with Gasteiger partial charge in [0.1, 0.15) is 5.69 Å². The largest absolute Gasteiger partial charge is 0.377 e. The normalized spacial score (nSPS) is 16.0. The van der Waals surface area contributed by atoms with E-state index >= 15 is 0 Å². The van der Waals surface area contributed by atoms with Gasteiger partial charge in [0.05, 0.1) is 4.92 Å². The van der Waals surface area contributed by atoms with Crippen molar-refractivity contribution in [1.29, 1.82) is 0 Å². The molecule has 0 aromatic heterocycles. The number of nitrogens with one attached hydrogen (secondary N) is 1. The van der Waals surface area contributed by atoms with Crippen LogP contribution in [0, 0.1) is 17.0 Å². The van der Waals surface area contributed by atoms with E-state index in [4.69, 9.17) is 0 Å². The number of hydrogen-bond acceptors (Lipinski definition) is 4. The number of nitrogens with zero attached hydrogens (tertiary/aromatic N) is 2. The van der Waals surface area contributed by atoms with Crippen molar-refractivity contribution in [2.45, 2.75) is 32.4 Å². The molecule has 0 bridgehead atoms. The van der Waals surface area contributed by atoms with E-state index < -0.39 is 0 Å². The molecule has 0 spiro atoms. The summed E-state index contributed by atoms with van der Waals surface area (Å²) in [5, 5.41) is 14.6. The molecule has 1 heterocycles. The van der Waals surface area contributed by atoms with Crippen molar-refractivity contribution in [3.8, 4) is 0 Å². The molecule has 1 aliphatic heterocycles. The van der Waals surface area contributed by atoms with Gasteiger partial charge in [0.15, 0.2) is 0 Å². The second kappa shape index (κ2) is 7.45. The first kappa shape index (κ1) is 16.5. The summed E-state index contributed by atoms with van der Waals surface area (Å²) in [4.78, 5) is 13.4. The molecule has 0 radical (unpaired) electrons. The molecule has 1 fully saturated rings. The molecule has 3 rings (SSSR count). The lowest BCUT2D eigenvalue weighted by Gasteiger charge is -2.32. The average molecular weight is 325 g/mol. The van der Waals surface area contributed by atoms with Gasteiger partial charge >= 0.3 is 0 Å². The Bertz CT molecular complexity index is 695. The molecule has 0 amide bonds. The zero-order valence-corrected chi connectivity index (χ0v) is 13.9. The third-order valence-electron chi connectivity index (χ3n) is 4.55. The number of piperidine rings is 1. The van der Waals surface area contributed by atoms with Gasteiger partial charge in [-0.15, -0.1) is 0 Å². The topological polar surface area (TPSA) is 58.4 Å². The molecule has 126 valence electrons. The molecule has 5 nitrogen and oxygen atoms in total. The molecule has 24 heavy (non-hydrogen) atoms. The first-order chi connectivity index (χ1) is 11.6. The van der Waals surface area contributed by atoms with Crippen LogP contribution in [0.25, 0.3) is 0 Å². The fourth-order valence-corrected chi connectivity index (χ4v) is 3.21. The van der Waals surface area contributed by atoms with Crippen LogP contribution >= 0.6 is 0 Å². The first-order valence-corrected chi connectivity index (χ1v) is 8.39. The maximum atomic E-state index is 11.2. The van der Waals surface area contributed by atoms with E-state index in [1.54, 1.807) is 6.07 Å². The predicted molar refractivity (Wildman–Crippen MR) is 96.2 cm³/mol. The summed E-state index contributed by atoms with van der Waals surface area (Å²) in [5.74, 6) is 0. The monoisotopic (exact) mass is 325 g/mol. The Labute approximate surface area is 142 Å². The molecule has 2 aromatic carbocycles. The summed E-state index contributed by atoms with van der Waals surface area (Å²) in [6, 6.07) is 16.1. The van der Waals surface area contributed by atoms with Gasteiger partial charge in [0.2, 0.25) is 0 Å². The van der Waals surface area contributed by atoms with Crippen molar-refractivity contribution >= 4 is 11.4 Å². The number of nitro benzene ring substituents is 1. The van der Waals surface area contributed by atoms with Crippen LogP contribution in [0.4, 0.5) is 11.4 Å². The number of hydrogen-bond donors (Lipinski definition) is 1. The number of likely N-dealkylation sites (tertiary alicyclic amines) is 1. The van der Waals surface area contributed by atoms with Crippen LogP contribution in [0.3, 0.4) is 0 Å². The van der Waals surface area contributed by atoms with Gasteiger partial charge in [0, 0.05) is 31.7 Å². The summed E-state index contributed by atoms with van der Waals surface area (Å²) in [6.07, 6.45) is 2.00. The van der Waals surface area contributed by atoms with Crippen molar-refractivity contribution < 1.29 is 4.92 Å². The van der Waals surface area contributed by atoms with E-state index in [0.717, 1.165) is 38.0 Å². The minimum Gasteiger partial charge on any atom is -0.377 e. The quantitative estimate of drug-likeness (QED) is 0.667. The van der Waals surface area contributed by atoms with Crippen molar-refractivity contribution in [2.24, 2.45) is 0 Å². The van der Waals surface area contributed by atoms with Crippen LogP contribution in [0.2, 0.25) is 0 Å². The highest BCUT2D eigenvalue weighted by Gasteiger charge is 2.22. The number of rotatable bonds is 5. The molecule has 0 atom stereocenters. The molecule has 2 aromatic rings. The number of nitro groups is 1. The van der Waals surface area contributed by atoms with Gasteiger partial charge in [-0.05, 0) is 37.0 Å². The zero-order valence-electron chi connectivity index (χ0n) is 13.9. The van der Waals surface area contributed by atoms with Crippen LogP contribution in [0.15, 0.2) is 48.5 Å². The van der Waals surface area contributed by atoms with E-state index in [2.05, 4.69) is 34.5 Å². The Morgan fingerprint density at radius 1 is 1.17 bits per heavy atom. The Morgan fingerprint density at radius 3 is 2.54 bits per heavy atom. The van der Waals surface area contributed by atoms with Gasteiger partial charge in [-0.2, -0.15) is 0 Å². The van der Waals surface area contributed by atoms with Crippen LogP contribution < -0.4 is 5.32 Å². The SMILES string of the molecule is Cc1ccc(NC2CCN(Cc3ccccc3)CC2)c([N+](=O)[O-])c1. The molecule has 0 aliphatic carbocycles. The minimum absolute atomic E-state index is 0.168. The summed E-state index contributed by atoms with van der Waals surface area (Å²) in [5.41, 5.74) is 3.04. The Hall–Kier alpha value is -2.40. The minimum atomic E-state index is -0.306. The van der Waals surface area contributed by atoms with Crippen LogP contribution in [-0.2, 0) is 6.54 Å². The molecule has 5 heteroatoms. The van der Waals surface area contributed by atoms with Gasteiger partial charge in [0.25, 0.3) is 5.69 Å². The van der Waals surface area contributed by atoms with Gasteiger partial charge in [-0.1, -0.05) is 36.4 Å². The van der Waals surface area contributed by atoms with E-state index in [1.807, 2.05) is 25.1 Å². The lowest BCUT2D eigenvalue weighted by atomic mass is 10.0. The van der Waals surface area contributed by atoms with Crippen molar-refractivity contribution in [2.75, 3.05) is 18.4 Å². The summed E-state index contributed by atoms with van der Waals surface area (Å²) < 4.78 is 0. The maximum Gasteiger partial charge on any atom is 0.292 e. The Morgan fingerprint density at radius 2 is 1.88 bits per heavy atom. The number of aryl methyl sites for hydroxylation is 1. The molecule has 1 aliphatic rings. The predicted octanol–water partition coefficient (Wildman–Crippen LogP) is 3.98. The van der Waals surface area contributed by atoms with Crippen molar-refractivity contribution in [1.82, 2.24) is 4.90 Å². The lowest BCUT2D eigenvalue weighted by molar-refractivity contribution is -0.384. The third-order valence-corrected chi connectivity index (χ3v) is 4.55. The van der Waals surface area contributed by atoms with Gasteiger partial charge in [-0.25, -0.2) is 0 Å². The Balaban J connectivity index is 1.57. The van der Waals surface area contributed by atoms with E-state index in [-0.39, 0.29) is 10.6 Å². The summed E-state index contributed by atoms with van der Waals surface area (Å²) in [7, 11) is 0. The summed E-state index contributed by atoms with van der Waals surface area (Å²) in [6.45, 7) is 4.86. The van der Waals surface area contributed by atoms with E-state index in [1.165, 1.54) is 5.56 Å². The number of benzene rings is 2. The molecular weight excluding hydrogens is 302 g/mol. The molecular formula is C19H23N3O2. The fourth-order valence-electron chi connectivity index (χ4n) is 3.21. The van der Waals surface area contributed by atoms with Crippen LogP contribution in [0.1, 0.15) is 24.0 Å². The van der Waals surface area contributed by atoms with E-state index in [0.29, 0.717) is 11.7 Å². The van der Waals surface area contributed by atoms with Gasteiger partial charge in [-0.3, -0.25) is 15.0 Å². The summed E-state index contributed by atoms with van der Waals surface area (Å²) >= 11 is 0. The van der Waals surface area contributed by atoms with Crippen molar-refractivity contribution in [3.63, 3.8) is 0 Å². The van der Waals surface area contributed by atoms with E-state index in [9.17, 15) is 10.1 Å². The fraction of sp³-hybridized carbons (Fsp3) is 0.368. The van der Waals surface area contributed by atoms with Crippen LogP contribution in [-0.4, -0.2) is 29.0 Å². The maximum absolute atomic E-state index is 11.2. The number of anilines is 1. The highest BCUT2D eigenvalue weighted by molar-refractivity contribution is 5.63. The average Bonchev–Trinajstić information content (AvgIpc) is 2.59. The molecule has 1 saturated heterocycles. The highest BCUT2D eigenvalue weighted by Crippen LogP contribution is 2.27.